The Hall–Kier alpha value is -4.62. The predicted octanol–water partition coefficient (Wildman–Crippen LogP) is 10.2. The molecule has 1 nitrogen and oxygen atoms in total. The van der Waals surface area contributed by atoms with E-state index in [1.54, 1.807) is 0 Å². The van der Waals surface area contributed by atoms with Crippen molar-refractivity contribution < 1.29 is 4.42 Å². The molecule has 37 heavy (non-hydrogen) atoms. The van der Waals surface area contributed by atoms with E-state index in [1.165, 1.54) is 60.0 Å². The smallest absolute Gasteiger partial charge is 0.142 e. The van der Waals surface area contributed by atoms with Crippen molar-refractivity contribution in [1.29, 1.82) is 0 Å². The zero-order valence-electron chi connectivity index (χ0n) is 20.4. The Labute approximate surface area is 215 Å². The van der Waals surface area contributed by atoms with Crippen molar-refractivity contribution in [3.63, 3.8) is 0 Å². The van der Waals surface area contributed by atoms with Gasteiger partial charge in [-0.05, 0) is 62.4 Å². The van der Waals surface area contributed by atoms with Gasteiger partial charge in [0.15, 0.2) is 0 Å². The summed E-state index contributed by atoms with van der Waals surface area (Å²) >= 11 is 0. The Bertz CT molecular complexity index is 1970. The molecule has 1 aromatic heterocycles. The summed E-state index contributed by atoms with van der Waals surface area (Å²) in [4.78, 5) is 0. The molecular weight excluding hydrogens is 448 g/mol. The van der Waals surface area contributed by atoms with E-state index in [1.807, 2.05) is 0 Å². The first-order valence-electron chi connectivity index (χ1n) is 13.0. The van der Waals surface area contributed by atoms with Crippen LogP contribution >= 0.6 is 0 Å². The van der Waals surface area contributed by atoms with Gasteiger partial charge in [-0.25, -0.2) is 0 Å². The third-order valence-corrected chi connectivity index (χ3v) is 7.94. The van der Waals surface area contributed by atoms with Crippen molar-refractivity contribution in [3.8, 4) is 22.3 Å². The summed E-state index contributed by atoms with van der Waals surface area (Å²) in [6, 6.07) is 39.7. The van der Waals surface area contributed by atoms with Crippen LogP contribution in [0.2, 0.25) is 0 Å². The lowest BCUT2D eigenvalue weighted by Crippen LogP contribution is -1.92. The molecule has 0 spiro atoms. The molecule has 0 saturated heterocycles. The van der Waals surface area contributed by atoms with E-state index < -0.39 is 0 Å². The van der Waals surface area contributed by atoms with Crippen LogP contribution in [0.15, 0.2) is 120 Å². The number of fused-ring (bicyclic) bond motifs is 6. The van der Waals surface area contributed by atoms with Gasteiger partial charge in [0.1, 0.15) is 11.3 Å². The van der Waals surface area contributed by atoms with E-state index >= 15 is 0 Å². The summed E-state index contributed by atoms with van der Waals surface area (Å²) in [5.41, 5.74) is 7.30. The van der Waals surface area contributed by atoms with Gasteiger partial charge in [-0.3, -0.25) is 0 Å². The molecule has 1 aliphatic carbocycles. The molecule has 0 atom stereocenters. The molecule has 0 fully saturated rings. The van der Waals surface area contributed by atoms with Crippen molar-refractivity contribution in [2.24, 2.45) is 0 Å². The molecule has 6 aromatic carbocycles. The first-order chi connectivity index (χ1) is 18.4. The van der Waals surface area contributed by atoms with Crippen LogP contribution in [-0.2, 0) is 6.42 Å². The van der Waals surface area contributed by atoms with Crippen molar-refractivity contribution in [3.05, 3.63) is 127 Å². The third kappa shape index (κ3) is 2.98. The highest BCUT2D eigenvalue weighted by molar-refractivity contribution is 6.25. The predicted molar refractivity (Wildman–Crippen MR) is 157 cm³/mol. The van der Waals surface area contributed by atoms with E-state index in [-0.39, 0.29) is 0 Å². The summed E-state index contributed by atoms with van der Waals surface area (Å²) in [7, 11) is 0. The van der Waals surface area contributed by atoms with Gasteiger partial charge in [-0.1, -0.05) is 115 Å². The molecule has 0 unspecified atom stereocenters. The number of aryl methyl sites for hydroxylation is 1. The second kappa shape index (κ2) is 7.94. The number of rotatable bonds is 2. The van der Waals surface area contributed by atoms with Gasteiger partial charge in [0.2, 0.25) is 0 Å². The van der Waals surface area contributed by atoms with E-state index in [4.69, 9.17) is 4.42 Å². The van der Waals surface area contributed by atoms with Crippen LogP contribution in [0.4, 0.5) is 0 Å². The fourth-order valence-electron chi connectivity index (χ4n) is 6.35. The Morgan fingerprint density at radius 2 is 1.03 bits per heavy atom. The highest BCUT2D eigenvalue weighted by atomic mass is 16.3. The Balaban J connectivity index is 1.55. The number of benzene rings is 6. The minimum atomic E-state index is 0.993. The molecule has 0 bridgehead atoms. The third-order valence-electron chi connectivity index (χ3n) is 7.94. The monoisotopic (exact) mass is 472 g/mol. The fraction of sp³-hybridized carbons (Fsp3) is 0.0556. The summed E-state index contributed by atoms with van der Waals surface area (Å²) in [5, 5.41) is 8.81. The lowest BCUT2D eigenvalue weighted by molar-refractivity contribution is 0.596. The van der Waals surface area contributed by atoms with Crippen LogP contribution in [0.25, 0.3) is 71.6 Å². The van der Waals surface area contributed by atoms with Crippen molar-refractivity contribution in [2.45, 2.75) is 12.8 Å². The molecule has 7 aromatic rings. The molecule has 1 heterocycles. The van der Waals surface area contributed by atoms with Gasteiger partial charge in [0, 0.05) is 22.1 Å². The van der Waals surface area contributed by atoms with Gasteiger partial charge in [0.25, 0.3) is 0 Å². The van der Waals surface area contributed by atoms with E-state index in [9.17, 15) is 0 Å². The normalized spacial score (nSPS) is 13.1. The maximum atomic E-state index is 6.56. The summed E-state index contributed by atoms with van der Waals surface area (Å²) in [5.74, 6) is 1.01. The summed E-state index contributed by atoms with van der Waals surface area (Å²) in [6.07, 6.45) is 6.46. The van der Waals surface area contributed by atoms with E-state index in [0.717, 1.165) is 29.7 Å². The van der Waals surface area contributed by atoms with Crippen LogP contribution in [0, 0.1) is 0 Å². The van der Waals surface area contributed by atoms with E-state index in [0.29, 0.717) is 0 Å². The molecule has 0 radical (unpaired) electrons. The van der Waals surface area contributed by atoms with Crippen molar-refractivity contribution in [2.75, 3.05) is 0 Å². The highest BCUT2D eigenvalue weighted by Crippen LogP contribution is 2.47. The zero-order valence-corrected chi connectivity index (χ0v) is 20.4. The second-order valence-corrected chi connectivity index (χ2v) is 9.94. The molecular formula is C36H24O. The number of para-hydroxylation sites is 1. The standard InChI is InChI=1S/C36H24O/c1-2-13-24-23(11-1)12-9-19-26(24)34-27-15-3-5-17-29(27)35(30-18-6-4-16-28(30)34)32-21-10-20-31-25-14-7-8-22-33(25)37-36(31)32/h1-6,8-13,15-22H,7,14H2. The van der Waals surface area contributed by atoms with Gasteiger partial charge in [-0.15, -0.1) is 0 Å². The van der Waals surface area contributed by atoms with Crippen LogP contribution < -0.4 is 0 Å². The van der Waals surface area contributed by atoms with Crippen LogP contribution in [-0.4, -0.2) is 0 Å². The average molecular weight is 473 g/mol. The zero-order chi connectivity index (χ0) is 24.3. The van der Waals surface area contributed by atoms with Crippen LogP contribution in [0.5, 0.6) is 0 Å². The van der Waals surface area contributed by atoms with Crippen molar-refractivity contribution >= 4 is 49.4 Å². The second-order valence-electron chi connectivity index (χ2n) is 9.94. The molecule has 0 saturated carbocycles. The number of furan rings is 1. The van der Waals surface area contributed by atoms with Crippen LogP contribution in [0.1, 0.15) is 17.7 Å². The van der Waals surface area contributed by atoms with Gasteiger partial charge in [0.05, 0.1) is 0 Å². The molecule has 0 amide bonds. The first kappa shape index (κ1) is 20.6. The Morgan fingerprint density at radius 3 is 1.76 bits per heavy atom. The topological polar surface area (TPSA) is 13.1 Å². The lowest BCUT2D eigenvalue weighted by atomic mass is 9.84. The number of hydrogen-bond donors (Lipinski definition) is 0. The molecule has 1 aliphatic rings. The SMILES string of the molecule is C1=Cc2oc3c(-c4c5ccccc5c(-c5cccc6ccccc56)c5ccccc45)cccc3c2CC1. The minimum Gasteiger partial charge on any atom is -0.456 e. The molecule has 0 aliphatic heterocycles. The fourth-order valence-corrected chi connectivity index (χ4v) is 6.35. The maximum absolute atomic E-state index is 6.56. The maximum Gasteiger partial charge on any atom is 0.142 e. The Morgan fingerprint density at radius 1 is 0.486 bits per heavy atom. The molecule has 174 valence electrons. The Kier molecular flexibility index (Phi) is 4.41. The largest absolute Gasteiger partial charge is 0.456 e. The molecule has 0 N–H and O–H groups in total. The number of hydrogen-bond acceptors (Lipinski definition) is 1. The quantitative estimate of drug-likeness (QED) is 0.228. The molecule has 8 rings (SSSR count). The van der Waals surface area contributed by atoms with Gasteiger partial charge >= 0.3 is 0 Å². The first-order valence-corrected chi connectivity index (χ1v) is 13.0. The minimum absolute atomic E-state index is 0.993. The van der Waals surface area contributed by atoms with Crippen LogP contribution in [0.3, 0.4) is 0 Å². The average Bonchev–Trinajstić information content (AvgIpc) is 3.35. The van der Waals surface area contributed by atoms with Crippen molar-refractivity contribution in [1.82, 2.24) is 0 Å². The number of allylic oxidation sites excluding steroid dienone is 1. The summed E-state index contributed by atoms with van der Waals surface area (Å²) in [6.45, 7) is 0. The molecule has 1 heteroatoms. The summed E-state index contributed by atoms with van der Waals surface area (Å²) < 4.78 is 6.56. The van der Waals surface area contributed by atoms with E-state index in [2.05, 4.69) is 121 Å². The van der Waals surface area contributed by atoms with Gasteiger partial charge < -0.3 is 4.42 Å². The van der Waals surface area contributed by atoms with Gasteiger partial charge in [-0.2, -0.15) is 0 Å². The lowest BCUT2D eigenvalue weighted by Gasteiger charge is -2.19. The highest BCUT2D eigenvalue weighted by Gasteiger charge is 2.22.